The Balaban J connectivity index is 1.62. The molecule has 2 aliphatic rings. The van der Waals surface area contributed by atoms with Crippen LogP contribution in [0.25, 0.3) is 6.08 Å². The van der Waals surface area contributed by atoms with Gasteiger partial charge in [-0.05, 0) is 48.4 Å². The molecule has 0 unspecified atom stereocenters. The quantitative estimate of drug-likeness (QED) is 0.563. The summed E-state index contributed by atoms with van der Waals surface area (Å²) in [5.41, 5.74) is 1.61. The molecular weight excluding hydrogens is 362 g/mol. The minimum atomic E-state index is -0.514. The summed E-state index contributed by atoms with van der Waals surface area (Å²) < 4.78 is 27.0. The minimum Gasteiger partial charge on any atom is -0.493 e. The van der Waals surface area contributed by atoms with Gasteiger partial charge in [-0.1, -0.05) is 13.0 Å². The van der Waals surface area contributed by atoms with E-state index in [9.17, 15) is 4.79 Å². The molecule has 144 valence electrons. The molecule has 0 aromatic heterocycles. The number of esters is 1. The summed E-state index contributed by atoms with van der Waals surface area (Å²) in [5.74, 6) is 2.22. The van der Waals surface area contributed by atoms with Crippen LogP contribution in [0.1, 0.15) is 24.5 Å². The van der Waals surface area contributed by atoms with E-state index in [4.69, 9.17) is 23.7 Å². The average molecular weight is 381 g/mol. The third kappa shape index (κ3) is 3.51. The Hall–Kier alpha value is -3.48. The lowest BCUT2D eigenvalue weighted by molar-refractivity contribution is -0.129. The van der Waals surface area contributed by atoms with Gasteiger partial charge in [0.1, 0.15) is 0 Å². The maximum absolute atomic E-state index is 12.3. The zero-order chi connectivity index (χ0) is 19.5. The highest BCUT2D eigenvalue weighted by molar-refractivity contribution is 6.13. The van der Waals surface area contributed by atoms with Crippen molar-refractivity contribution in [3.8, 4) is 23.0 Å². The molecule has 0 saturated heterocycles. The Morgan fingerprint density at radius 3 is 2.79 bits per heavy atom. The van der Waals surface area contributed by atoms with Gasteiger partial charge in [-0.25, -0.2) is 9.79 Å². The van der Waals surface area contributed by atoms with Gasteiger partial charge in [0.2, 0.25) is 12.7 Å². The molecule has 7 nitrogen and oxygen atoms in total. The van der Waals surface area contributed by atoms with Crippen molar-refractivity contribution >= 4 is 17.9 Å². The van der Waals surface area contributed by atoms with Gasteiger partial charge in [-0.2, -0.15) is 0 Å². The summed E-state index contributed by atoms with van der Waals surface area (Å²) >= 11 is 0. The number of hydrogen-bond acceptors (Lipinski definition) is 7. The summed E-state index contributed by atoms with van der Waals surface area (Å²) in [6.07, 6.45) is 2.53. The molecule has 2 aromatic rings. The first-order chi connectivity index (χ1) is 13.7. The second kappa shape index (κ2) is 7.64. The van der Waals surface area contributed by atoms with Gasteiger partial charge in [0.25, 0.3) is 0 Å². The van der Waals surface area contributed by atoms with Gasteiger partial charge in [0.05, 0.1) is 13.7 Å². The fourth-order valence-electron chi connectivity index (χ4n) is 2.83. The smallest absolute Gasteiger partial charge is 0.363 e. The van der Waals surface area contributed by atoms with Crippen molar-refractivity contribution < 1.29 is 28.5 Å². The standard InChI is InChI=1S/C21H19NO6/c1-3-8-25-18-10-13(4-6-16(18)24-2)9-15-21(23)28-20(22-15)14-5-7-17-19(11-14)27-12-26-17/h4-7,9-11H,3,8,12H2,1-2H3. The van der Waals surface area contributed by atoms with Crippen LogP contribution in [-0.4, -0.2) is 32.4 Å². The van der Waals surface area contributed by atoms with E-state index in [2.05, 4.69) is 4.99 Å². The van der Waals surface area contributed by atoms with Gasteiger partial charge < -0.3 is 23.7 Å². The zero-order valence-electron chi connectivity index (χ0n) is 15.6. The number of cyclic esters (lactones) is 1. The van der Waals surface area contributed by atoms with Crippen LogP contribution in [0.4, 0.5) is 0 Å². The van der Waals surface area contributed by atoms with Crippen LogP contribution in [-0.2, 0) is 9.53 Å². The predicted molar refractivity (Wildman–Crippen MR) is 102 cm³/mol. The first-order valence-corrected chi connectivity index (χ1v) is 8.91. The van der Waals surface area contributed by atoms with Gasteiger partial charge in [-0.15, -0.1) is 0 Å². The number of rotatable bonds is 6. The van der Waals surface area contributed by atoms with Crippen molar-refractivity contribution in [2.45, 2.75) is 13.3 Å². The maximum Gasteiger partial charge on any atom is 0.363 e. The van der Waals surface area contributed by atoms with Crippen LogP contribution in [0.3, 0.4) is 0 Å². The number of aliphatic imine (C=N–C) groups is 1. The molecule has 4 rings (SSSR count). The number of nitrogens with zero attached hydrogens (tertiary/aromatic N) is 1. The van der Waals surface area contributed by atoms with Gasteiger partial charge in [-0.3, -0.25) is 0 Å². The summed E-state index contributed by atoms with van der Waals surface area (Å²) in [5, 5.41) is 0. The van der Waals surface area contributed by atoms with E-state index in [1.807, 2.05) is 19.1 Å². The lowest BCUT2D eigenvalue weighted by Gasteiger charge is -2.10. The summed E-state index contributed by atoms with van der Waals surface area (Å²) in [4.78, 5) is 16.6. The van der Waals surface area contributed by atoms with E-state index in [0.717, 1.165) is 12.0 Å². The largest absolute Gasteiger partial charge is 0.493 e. The molecule has 0 saturated carbocycles. The van der Waals surface area contributed by atoms with Crippen molar-refractivity contribution in [2.24, 2.45) is 4.99 Å². The van der Waals surface area contributed by atoms with Crippen LogP contribution < -0.4 is 18.9 Å². The Morgan fingerprint density at radius 2 is 1.96 bits per heavy atom. The van der Waals surface area contributed by atoms with Crippen molar-refractivity contribution in [3.05, 3.63) is 53.2 Å². The zero-order valence-corrected chi connectivity index (χ0v) is 15.6. The second-order valence-electron chi connectivity index (χ2n) is 6.16. The molecule has 2 aliphatic heterocycles. The maximum atomic E-state index is 12.3. The normalized spacial score (nSPS) is 16.1. The summed E-state index contributed by atoms with van der Waals surface area (Å²) in [6, 6.07) is 10.7. The predicted octanol–water partition coefficient (Wildman–Crippen LogP) is 3.56. The van der Waals surface area contributed by atoms with E-state index in [0.29, 0.717) is 35.2 Å². The van der Waals surface area contributed by atoms with E-state index in [1.54, 1.807) is 37.5 Å². The van der Waals surface area contributed by atoms with Crippen LogP contribution in [0.5, 0.6) is 23.0 Å². The number of hydrogen-bond donors (Lipinski definition) is 0. The first kappa shape index (κ1) is 17.9. The highest BCUT2D eigenvalue weighted by atomic mass is 16.7. The van der Waals surface area contributed by atoms with Crippen molar-refractivity contribution in [1.82, 2.24) is 0 Å². The fourth-order valence-corrected chi connectivity index (χ4v) is 2.83. The lowest BCUT2D eigenvalue weighted by Crippen LogP contribution is -2.05. The van der Waals surface area contributed by atoms with E-state index in [1.165, 1.54) is 0 Å². The van der Waals surface area contributed by atoms with Crippen molar-refractivity contribution in [3.63, 3.8) is 0 Å². The van der Waals surface area contributed by atoms with Gasteiger partial charge in [0.15, 0.2) is 28.7 Å². The topological polar surface area (TPSA) is 75.6 Å². The molecule has 0 N–H and O–H groups in total. The molecule has 28 heavy (non-hydrogen) atoms. The molecule has 0 spiro atoms. The molecule has 0 fully saturated rings. The Morgan fingerprint density at radius 1 is 1.11 bits per heavy atom. The lowest BCUT2D eigenvalue weighted by atomic mass is 10.1. The third-order valence-electron chi connectivity index (χ3n) is 4.19. The van der Waals surface area contributed by atoms with Crippen LogP contribution in [0, 0.1) is 0 Å². The minimum absolute atomic E-state index is 0.177. The first-order valence-electron chi connectivity index (χ1n) is 8.91. The Labute approximate surface area is 162 Å². The number of fused-ring (bicyclic) bond motifs is 1. The highest BCUT2D eigenvalue weighted by Crippen LogP contribution is 2.34. The molecule has 2 aromatic carbocycles. The average Bonchev–Trinajstić information content (AvgIpc) is 3.32. The van der Waals surface area contributed by atoms with Crippen LogP contribution in [0.15, 0.2) is 47.1 Å². The summed E-state index contributed by atoms with van der Waals surface area (Å²) in [6.45, 7) is 2.78. The van der Waals surface area contributed by atoms with Gasteiger partial charge >= 0.3 is 5.97 Å². The Kier molecular flexibility index (Phi) is 4.89. The monoisotopic (exact) mass is 381 g/mol. The van der Waals surface area contributed by atoms with E-state index in [-0.39, 0.29) is 18.4 Å². The molecule has 7 heteroatoms. The molecule has 0 radical (unpaired) electrons. The molecular formula is C21H19NO6. The summed E-state index contributed by atoms with van der Waals surface area (Å²) in [7, 11) is 1.59. The van der Waals surface area contributed by atoms with Crippen LogP contribution in [0.2, 0.25) is 0 Å². The molecule has 2 heterocycles. The molecule has 0 atom stereocenters. The number of ether oxygens (including phenoxy) is 5. The van der Waals surface area contributed by atoms with Crippen molar-refractivity contribution in [2.75, 3.05) is 20.5 Å². The number of carbonyl (C=O) groups is 1. The number of methoxy groups -OCH3 is 1. The van der Waals surface area contributed by atoms with E-state index < -0.39 is 5.97 Å². The van der Waals surface area contributed by atoms with Crippen molar-refractivity contribution in [1.29, 1.82) is 0 Å². The third-order valence-corrected chi connectivity index (χ3v) is 4.19. The fraction of sp³-hybridized carbons (Fsp3) is 0.238. The number of carbonyl (C=O) groups excluding carboxylic acids is 1. The van der Waals surface area contributed by atoms with Gasteiger partial charge in [0, 0.05) is 5.56 Å². The molecule has 0 amide bonds. The van der Waals surface area contributed by atoms with E-state index >= 15 is 0 Å². The number of benzene rings is 2. The molecule has 0 aliphatic carbocycles. The molecule has 0 bridgehead atoms. The van der Waals surface area contributed by atoms with Crippen LogP contribution >= 0.6 is 0 Å². The highest BCUT2D eigenvalue weighted by Gasteiger charge is 2.26. The second-order valence-corrected chi connectivity index (χ2v) is 6.16. The Bertz CT molecular complexity index is 979. The SMILES string of the molecule is CCCOc1cc(C=C2N=C(c3ccc4c(c3)OCO4)OC2=O)ccc1OC.